The molecule has 0 fully saturated rings. The zero-order valence-corrected chi connectivity index (χ0v) is 17.5. The van der Waals surface area contributed by atoms with Crippen LogP contribution < -0.4 is 5.32 Å². The van der Waals surface area contributed by atoms with E-state index in [1.165, 1.54) is 10.7 Å². The van der Waals surface area contributed by atoms with Gasteiger partial charge in [-0.15, -0.1) is 0 Å². The molecular weight excluding hydrogens is 393 g/mol. The highest BCUT2D eigenvalue weighted by Gasteiger charge is 2.31. The number of pyridine rings is 1. The zero-order valence-electron chi connectivity index (χ0n) is 17.5. The molecule has 0 spiro atoms. The quantitative estimate of drug-likeness (QED) is 0.650. The summed E-state index contributed by atoms with van der Waals surface area (Å²) in [5.74, 6) is 0.0802. The van der Waals surface area contributed by atoms with Crippen molar-refractivity contribution < 1.29 is 18.0 Å². The number of anilines is 1. The molecule has 5 nitrogen and oxygen atoms in total. The fourth-order valence-electron chi connectivity index (χ4n) is 3.55. The molecule has 0 saturated carbocycles. The molecule has 2 aromatic heterocycles. The molecule has 3 rings (SSSR count). The SMILES string of the molecule is Cc1cc(C)c(NC(=O)Cc2c(C)nn(-c3ccc(C(F)(F)F)cn3)c2C)c(C)c1. The molecule has 1 amide bonds. The maximum atomic E-state index is 12.8. The molecule has 0 bridgehead atoms. The number of amides is 1. The molecule has 0 atom stereocenters. The van der Waals surface area contributed by atoms with Crippen LogP contribution in [-0.2, 0) is 17.4 Å². The van der Waals surface area contributed by atoms with Gasteiger partial charge in [0.05, 0.1) is 17.7 Å². The first-order chi connectivity index (χ1) is 14.0. The van der Waals surface area contributed by atoms with E-state index in [0.29, 0.717) is 11.4 Å². The first kappa shape index (κ1) is 21.5. The van der Waals surface area contributed by atoms with Crippen LogP contribution in [0.25, 0.3) is 5.82 Å². The van der Waals surface area contributed by atoms with E-state index >= 15 is 0 Å². The highest BCUT2D eigenvalue weighted by atomic mass is 19.4. The number of rotatable bonds is 4. The molecule has 158 valence electrons. The number of hydrogen-bond acceptors (Lipinski definition) is 3. The van der Waals surface area contributed by atoms with Crippen molar-refractivity contribution in [2.45, 2.75) is 47.2 Å². The molecule has 0 saturated heterocycles. The van der Waals surface area contributed by atoms with E-state index in [4.69, 9.17) is 0 Å². The van der Waals surface area contributed by atoms with Gasteiger partial charge in [0.2, 0.25) is 5.91 Å². The van der Waals surface area contributed by atoms with E-state index in [-0.39, 0.29) is 18.1 Å². The number of hydrogen-bond donors (Lipinski definition) is 1. The van der Waals surface area contributed by atoms with Crippen molar-refractivity contribution in [2.24, 2.45) is 0 Å². The second-order valence-electron chi connectivity index (χ2n) is 7.46. The van der Waals surface area contributed by atoms with Gasteiger partial charge in [-0.1, -0.05) is 17.7 Å². The van der Waals surface area contributed by atoms with Gasteiger partial charge in [-0.05, 0) is 57.9 Å². The smallest absolute Gasteiger partial charge is 0.325 e. The summed E-state index contributed by atoms with van der Waals surface area (Å²) in [6, 6.07) is 6.25. The Labute approximate surface area is 173 Å². The monoisotopic (exact) mass is 416 g/mol. The van der Waals surface area contributed by atoms with Gasteiger partial charge in [0.25, 0.3) is 0 Å². The molecule has 0 radical (unpaired) electrons. The van der Waals surface area contributed by atoms with Gasteiger partial charge < -0.3 is 5.32 Å². The molecule has 0 aliphatic rings. The van der Waals surface area contributed by atoms with E-state index < -0.39 is 11.7 Å². The molecule has 0 unspecified atom stereocenters. The molecule has 30 heavy (non-hydrogen) atoms. The third-order valence-corrected chi connectivity index (χ3v) is 5.01. The molecule has 3 aromatic rings. The number of benzene rings is 1. The van der Waals surface area contributed by atoms with Gasteiger partial charge in [0, 0.05) is 23.1 Å². The summed E-state index contributed by atoms with van der Waals surface area (Å²) in [6.07, 6.45) is -3.57. The minimum Gasteiger partial charge on any atom is -0.325 e. The Morgan fingerprint density at radius 3 is 2.23 bits per heavy atom. The largest absolute Gasteiger partial charge is 0.417 e. The summed E-state index contributed by atoms with van der Waals surface area (Å²) in [5.41, 5.74) is 5.07. The van der Waals surface area contributed by atoms with Gasteiger partial charge in [-0.2, -0.15) is 18.3 Å². The van der Waals surface area contributed by atoms with Crippen molar-refractivity contribution in [2.75, 3.05) is 5.32 Å². The predicted molar refractivity (Wildman–Crippen MR) is 109 cm³/mol. The predicted octanol–water partition coefficient (Wildman–Crippen LogP) is 5.01. The Hall–Kier alpha value is -3.16. The molecule has 1 aromatic carbocycles. The van der Waals surface area contributed by atoms with E-state index in [1.807, 2.05) is 32.9 Å². The number of halogens is 3. The maximum absolute atomic E-state index is 12.8. The Kier molecular flexibility index (Phi) is 5.70. The van der Waals surface area contributed by atoms with Gasteiger partial charge in [-0.3, -0.25) is 4.79 Å². The first-order valence-electron chi connectivity index (χ1n) is 9.43. The molecular formula is C22H23F3N4O. The van der Waals surface area contributed by atoms with Crippen LogP contribution in [0.2, 0.25) is 0 Å². The van der Waals surface area contributed by atoms with Crippen LogP contribution in [0, 0.1) is 34.6 Å². The van der Waals surface area contributed by atoms with Crippen LogP contribution in [0.4, 0.5) is 18.9 Å². The van der Waals surface area contributed by atoms with Gasteiger partial charge in [-0.25, -0.2) is 9.67 Å². The number of aryl methyl sites for hydroxylation is 4. The lowest BCUT2D eigenvalue weighted by Gasteiger charge is -2.13. The molecule has 0 aliphatic carbocycles. The third kappa shape index (κ3) is 4.37. The lowest BCUT2D eigenvalue weighted by atomic mass is 10.0. The summed E-state index contributed by atoms with van der Waals surface area (Å²) < 4.78 is 39.8. The van der Waals surface area contributed by atoms with Crippen molar-refractivity contribution in [3.8, 4) is 5.82 Å². The average Bonchev–Trinajstić information content (AvgIpc) is 2.92. The van der Waals surface area contributed by atoms with Gasteiger partial charge in [0.1, 0.15) is 0 Å². The fraction of sp³-hybridized carbons (Fsp3) is 0.318. The van der Waals surface area contributed by atoms with Crippen LogP contribution in [0.5, 0.6) is 0 Å². The Bertz CT molecular complexity index is 1080. The molecule has 8 heteroatoms. The minimum atomic E-state index is -4.45. The van der Waals surface area contributed by atoms with E-state index in [2.05, 4.69) is 15.4 Å². The Morgan fingerprint density at radius 2 is 1.70 bits per heavy atom. The zero-order chi connectivity index (χ0) is 22.2. The number of carbonyl (C=O) groups is 1. The summed E-state index contributed by atoms with van der Waals surface area (Å²) in [5, 5.41) is 7.34. The second-order valence-corrected chi connectivity index (χ2v) is 7.46. The fourth-order valence-corrected chi connectivity index (χ4v) is 3.55. The van der Waals surface area contributed by atoms with E-state index in [1.54, 1.807) is 13.8 Å². The lowest BCUT2D eigenvalue weighted by Crippen LogP contribution is -2.17. The van der Waals surface area contributed by atoms with Crippen LogP contribution in [0.1, 0.15) is 39.2 Å². The maximum Gasteiger partial charge on any atom is 0.417 e. The summed E-state index contributed by atoms with van der Waals surface area (Å²) in [6.45, 7) is 9.42. The highest BCUT2D eigenvalue weighted by Crippen LogP contribution is 2.29. The molecule has 2 heterocycles. The topological polar surface area (TPSA) is 59.8 Å². The minimum absolute atomic E-state index is 0.102. The standard InChI is InChI=1S/C22H23F3N4O/c1-12-8-13(2)21(14(3)9-12)27-20(30)10-18-15(4)28-29(16(18)5)19-7-6-17(11-26-19)22(23,24)25/h6-9,11H,10H2,1-5H3,(H,27,30). The van der Waals surface area contributed by atoms with E-state index in [9.17, 15) is 18.0 Å². The van der Waals surface area contributed by atoms with Gasteiger partial charge >= 0.3 is 6.18 Å². The van der Waals surface area contributed by atoms with Crippen LogP contribution in [0.3, 0.4) is 0 Å². The Morgan fingerprint density at radius 1 is 1.07 bits per heavy atom. The van der Waals surface area contributed by atoms with Crippen molar-refractivity contribution in [1.29, 1.82) is 0 Å². The molecule has 1 N–H and O–H groups in total. The number of carbonyl (C=O) groups excluding carboxylic acids is 1. The number of nitrogens with one attached hydrogen (secondary N) is 1. The van der Waals surface area contributed by atoms with Crippen molar-refractivity contribution >= 4 is 11.6 Å². The highest BCUT2D eigenvalue weighted by molar-refractivity contribution is 5.94. The Balaban J connectivity index is 1.83. The van der Waals surface area contributed by atoms with Crippen LogP contribution >= 0.6 is 0 Å². The number of aromatic nitrogens is 3. The number of nitrogens with zero attached hydrogens (tertiary/aromatic N) is 3. The van der Waals surface area contributed by atoms with Crippen molar-refractivity contribution in [3.63, 3.8) is 0 Å². The molecule has 0 aliphatic heterocycles. The normalized spacial score (nSPS) is 11.6. The van der Waals surface area contributed by atoms with Crippen LogP contribution in [0.15, 0.2) is 30.5 Å². The van der Waals surface area contributed by atoms with Crippen molar-refractivity contribution in [3.05, 3.63) is 69.7 Å². The van der Waals surface area contributed by atoms with E-state index in [0.717, 1.165) is 40.2 Å². The average molecular weight is 416 g/mol. The number of alkyl halides is 3. The summed E-state index contributed by atoms with van der Waals surface area (Å²) in [7, 11) is 0. The van der Waals surface area contributed by atoms with Crippen LogP contribution in [-0.4, -0.2) is 20.7 Å². The third-order valence-electron chi connectivity index (χ3n) is 5.01. The lowest BCUT2D eigenvalue weighted by molar-refractivity contribution is -0.137. The van der Waals surface area contributed by atoms with Crippen molar-refractivity contribution in [1.82, 2.24) is 14.8 Å². The summed E-state index contributed by atoms with van der Waals surface area (Å²) >= 11 is 0. The second kappa shape index (κ2) is 7.93. The first-order valence-corrected chi connectivity index (χ1v) is 9.43. The summed E-state index contributed by atoms with van der Waals surface area (Å²) in [4.78, 5) is 16.6. The van der Waals surface area contributed by atoms with Gasteiger partial charge in [0.15, 0.2) is 5.82 Å².